The van der Waals surface area contributed by atoms with Crippen LogP contribution in [0.15, 0.2) is 12.4 Å². The van der Waals surface area contributed by atoms with Crippen LogP contribution in [0.3, 0.4) is 0 Å². The summed E-state index contributed by atoms with van der Waals surface area (Å²) in [5.74, 6) is 0. The maximum absolute atomic E-state index is 11.8. The van der Waals surface area contributed by atoms with Crippen LogP contribution in [-0.4, -0.2) is 27.2 Å². The summed E-state index contributed by atoms with van der Waals surface area (Å²) in [6, 6.07) is 0. The third-order valence-electron chi connectivity index (χ3n) is 1.99. The number of hydrogen-bond acceptors (Lipinski definition) is 2. The summed E-state index contributed by atoms with van der Waals surface area (Å²) in [7, 11) is 1.71. The molecule has 0 fully saturated rings. The number of aliphatic hydroxyl groups excluding tert-OH is 1. The molecule has 1 heterocycles. The molecule has 0 saturated heterocycles. The van der Waals surface area contributed by atoms with Gasteiger partial charge in [0.2, 0.25) is 0 Å². The summed E-state index contributed by atoms with van der Waals surface area (Å²) in [5.41, 5.74) is 0.743. The van der Waals surface area contributed by atoms with Crippen LogP contribution >= 0.6 is 0 Å². The van der Waals surface area contributed by atoms with Crippen LogP contribution in [0.2, 0.25) is 0 Å². The van der Waals surface area contributed by atoms with Crippen LogP contribution < -0.4 is 0 Å². The molecule has 0 aliphatic rings. The minimum Gasteiger partial charge on any atom is -0.393 e. The zero-order chi connectivity index (χ0) is 11.5. The van der Waals surface area contributed by atoms with Gasteiger partial charge in [0, 0.05) is 26.1 Å². The lowest BCUT2D eigenvalue weighted by molar-refractivity contribution is -0.139. The highest BCUT2D eigenvalue weighted by atomic mass is 19.4. The van der Waals surface area contributed by atoms with Gasteiger partial charge in [-0.2, -0.15) is 18.3 Å². The fraction of sp³-hybridized carbons (Fsp3) is 0.667. The first-order valence-electron chi connectivity index (χ1n) is 4.59. The van der Waals surface area contributed by atoms with Crippen molar-refractivity contribution in [3.05, 3.63) is 18.0 Å². The molecule has 3 nitrogen and oxygen atoms in total. The van der Waals surface area contributed by atoms with Crippen LogP contribution in [-0.2, 0) is 13.5 Å². The summed E-state index contributed by atoms with van der Waals surface area (Å²) in [6.45, 7) is 0. The standard InChI is InChI=1S/C9H13F3N2O/c1-14-6-7(5-13-14)4-8(15)2-3-9(10,11)12/h5-6,8,15H,2-4H2,1H3. The molecule has 1 atom stereocenters. The number of aryl methyl sites for hydroxylation is 1. The van der Waals surface area contributed by atoms with Crippen LogP contribution in [0.4, 0.5) is 13.2 Å². The second-order valence-corrected chi connectivity index (χ2v) is 3.53. The Balaban J connectivity index is 2.33. The van der Waals surface area contributed by atoms with Crippen molar-refractivity contribution in [2.75, 3.05) is 0 Å². The number of aliphatic hydroxyl groups is 1. The Hall–Kier alpha value is -1.04. The van der Waals surface area contributed by atoms with Gasteiger partial charge in [0.15, 0.2) is 0 Å². The lowest BCUT2D eigenvalue weighted by Crippen LogP contribution is -2.16. The average Bonchev–Trinajstić information content (AvgIpc) is 2.47. The van der Waals surface area contributed by atoms with Crippen molar-refractivity contribution in [2.24, 2.45) is 7.05 Å². The third-order valence-corrected chi connectivity index (χ3v) is 1.99. The van der Waals surface area contributed by atoms with Gasteiger partial charge in [0.25, 0.3) is 0 Å². The zero-order valence-corrected chi connectivity index (χ0v) is 8.33. The number of halogens is 3. The Kier molecular flexibility index (Phi) is 3.73. The maximum Gasteiger partial charge on any atom is 0.389 e. The first kappa shape index (κ1) is 12.0. The lowest BCUT2D eigenvalue weighted by atomic mass is 10.1. The largest absolute Gasteiger partial charge is 0.393 e. The predicted octanol–water partition coefficient (Wildman–Crippen LogP) is 1.67. The molecule has 0 amide bonds. The topological polar surface area (TPSA) is 38.0 Å². The summed E-state index contributed by atoms with van der Waals surface area (Å²) < 4.78 is 37.0. The minimum absolute atomic E-state index is 0.212. The van der Waals surface area contributed by atoms with Crippen molar-refractivity contribution in [1.82, 2.24) is 9.78 Å². The van der Waals surface area contributed by atoms with Crippen LogP contribution in [0.5, 0.6) is 0 Å². The molecular weight excluding hydrogens is 209 g/mol. The van der Waals surface area contributed by atoms with Crippen molar-refractivity contribution >= 4 is 0 Å². The Morgan fingerprint density at radius 3 is 2.67 bits per heavy atom. The monoisotopic (exact) mass is 222 g/mol. The Labute approximate surface area is 85.5 Å². The number of alkyl halides is 3. The molecule has 1 aromatic heterocycles. The van der Waals surface area contributed by atoms with Crippen molar-refractivity contribution in [3.8, 4) is 0 Å². The summed E-state index contributed by atoms with van der Waals surface area (Å²) in [5, 5.41) is 13.2. The van der Waals surface area contributed by atoms with E-state index >= 15 is 0 Å². The average molecular weight is 222 g/mol. The first-order chi connectivity index (χ1) is 6.87. The lowest BCUT2D eigenvalue weighted by Gasteiger charge is -2.10. The van der Waals surface area contributed by atoms with Crippen LogP contribution in [0, 0.1) is 0 Å². The number of aromatic nitrogens is 2. The highest BCUT2D eigenvalue weighted by Gasteiger charge is 2.27. The van der Waals surface area contributed by atoms with E-state index in [1.165, 1.54) is 6.20 Å². The molecule has 86 valence electrons. The summed E-state index contributed by atoms with van der Waals surface area (Å²) in [6.07, 6.45) is -2.95. The van der Waals surface area contributed by atoms with E-state index in [2.05, 4.69) is 5.10 Å². The van der Waals surface area contributed by atoms with Gasteiger partial charge in [0.05, 0.1) is 12.3 Å². The fourth-order valence-corrected chi connectivity index (χ4v) is 1.28. The van der Waals surface area contributed by atoms with E-state index < -0.39 is 18.7 Å². The highest BCUT2D eigenvalue weighted by molar-refractivity contribution is 5.04. The van der Waals surface area contributed by atoms with Crippen molar-refractivity contribution < 1.29 is 18.3 Å². The van der Waals surface area contributed by atoms with E-state index in [-0.39, 0.29) is 12.8 Å². The summed E-state index contributed by atoms with van der Waals surface area (Å²) in [4.78, 5) is 0. The van der Waals surface area contributed by atoms with Crippen molar-refractivity contribution in [1.29, 1.82) is 0 Å². The van der Waals surface area contributed by atoms with E-state index in [1.54, 1.807) is 17.9 Å². The first-order valence-corrected chi connectivity index (χ1v) is 4.59. The van der Waals surface area contributed by atoms with Gasteiger partial charge < -0.3 is 5.11 Å². The van der Waals surface area contributed by atoms with Crippen molar-refractivity contribution in [2.45, 2.75) is 31.5 Å². The molecule has 15 heavy (non-hydrogen) atoms. The van der Waals surface area contributed by atoms with Gasteiger partial charge in [-0.3, -0.25) is 4.68 Å². The SMILES string of the molecule is Cn1cc(CC(O)CCC(F)(F)F)cn1. The quantitative estimate of drug-likeness (QED) is 0.841. The second kappa shape index (κ2) is 4.65. The van der Waals surface area contributed by atoms with Gasteiger partial charge in [-0.05, 0) is 12.0 Å². The molecule has 1 rings (SSSR count). The smallest absolute Gasteiger partial charge is 0.389 e. The highest BCUT2D eigenvalue weighted by Crippen LogP contribution is 2.22. The third kappa shape index (κ3) is 4.83. The van der Waals surface area contributed by atoms with Crippen LogP contribution in [0.25, 0.3) is 0 Å². The van der Waals surface area contributed by atoms with Gasteiger partial charge in [0.1, 0.15) is 0 Å². The van der Waals surface area contributed by atoms with E-state index in [4.69, 9.17) is 0 Å². The molecule has 1 N–H and O–H groups in total. The maximum atomic E-state index is 11.8. The Morgan fingerprint density at radius 1 is 1.53 bits per heavy atom. The van der Waals surface area contributed by atoms with E-state index in [1.807, 2.05) is 0 Å². The number of rotatable bonds is 4. The van der Waals surface area contributed by atoms with Gasteiger partial charge in [-0.25, -0.2) is 0 Å². The molecule has 0 aliphatic carbocycles. The molecule has 0 radical (unpaired) electrons. The fourth-order valence-electron chi connectivity index (χ4n) is 1.28. The molecule has 6 heteroatoms. The summed E-state index contributed by atoms with van der Waals surface area (Å²) >= 11 is 0. The van der Waals surface area contributed by atoms with E-state index in [9.17, 15) is 18.3 Å². The molecular formula is C9H13F3N2O. The predicted molar refractivity (Wildman–Crippen MR) is 48.2 cm³/mol. The number of hydrogen-bond donors (Lipinski definition) is 1. The molecule has 0 saturated carbocycles. The zero-order valence-electron chi connectivity index (χ0n) is 8.33. The normalized spacial score (nSPS) is 14.2. The molecule has 0 bridgehead atoms. The molecule has 0 aromatic carbocycles. The second-order valence-electron chi connectivity index (χ2n) is 3.53. The van der Waals surface area contributed by atoms with Gasteiger partial charge in [-0.1, -0.05) is 0 Å². The van der Waals surface area contributed by atoms with E-state index in [0.717, 1.165) is 5.56 Å². The Bertz CT molecular complexity index is 309. The molecule has 0 aliphatic heterocycles. The van der Waals surface area contributed by atoms with Gasteiger partial charge in [-0.15, -0.1) is 0 Å². The van der Waals surface area contributed by atoms with Gasteiger partial charge >= 0.3 is 6.18 Å². The Morgan fingerprint density at radius 2 is 2.20 bits per heavy atom. The number of nitrogens with zero attached hydrogens (tertiary/aromatic N) is 2. The minimum atomic E-state index is -4.20. The molecule has 1 unspecified atom stereocenters. The molecule has 0 spiro atoms. The van der Waals surface area contributed by atoms with E-state index in [0.29, 0.717) is 0 Å². The van der Waals surface area contributed by atoms with Crippen LogP contribution in [0.1, 0.15) is 18.4 Å². The van der Waals surface area contributed by atoms with Crippen molar-refractivity contribution in [3.63, 3.8) is 0 Å². The molecule has 1 aromatic rings.